The van der Waals surface area contributed by atoms with E-state index in [1.54, 1.807) is 24.3 Å². The molecule has 3 heterocycles. The van der Waals surface area contributed by atoms with Crippen LogP contribution in [-0.4, -0.2) is 32.6 Å². The summed E-state index contributed by atoms with van der Waals surface area (Å²) in [7, 11) is 1.43. The minimum atomic E-state index is -4.82. The van der Waals surface area contributed by atoms with Crippen LogP contribution in [0.5, 0.6) is 5.75 Å². The standard InChI is InChI=1S/C21H16F3N5O3/c1-11-15(19(30)27-14-10-13(32-2)8-9-25-14)20(31)29-18(26-11)16(12-6-4-3-5-7-12)17(28-29)21(22,23)24/h3-10,26H,1-2H3,(H,25,27,30). The molecule has 0 saturated carbocycles. The summed E-state index contributed by atoms with van der Waals surface area (Å²) >= 11 is 0. The van der Waals surface area contributed by atoms with Gasteiger partial charge in [0.05, 0.1) is 12.7 Å². The third-order valence-electron chi connectivity index (χ3n) is 4.74. The molecule has 1 amide bonds. The molecule has 0 aliphatic rings. The van der Waals surface area contributed by atoms with Gasteiger partial charge in [0.15, 0.2) is 5.69 Å². The van der Waals surface area contributed by atoms with Crippen molar-refractivity contribution in [2.24, 2.45) is 0 Å². The van der Waals surface area contributed by atoms with Crippen molar-refractivity contribution in [2.75, 3.05) is 12.4 Å². The van der Waals surface area contributed by atoms with Crippen LogP contribution in [0.15, 0.2) is 53.5 Å². The van der Waals surface area contributed by atoms with E-state index in [9.17, 15) is 22.8 Å². The van der Waals surface area contributed by atoms with Crippen molar-refractivity contribution in [3.63, 3.8) is 0 Å². The van der Waals surface area contributed by atoms with E-state index >= 15 is 0 Å². The number of carbonyl (C=O) groups is 1. The van der Waals surface area contributed by atoms with Crippen LogP contribution in [0.2, 0.25) is 0 Å². The number of hydrogen-bond acceptors (Lipinski definition) is 5. The number of aryl methyl sites for hydroxylation is 1. The molecular weight excluding hydrogens is 427 g/mol. The number of nitrogens with one attached hydrogen (secondary N) is 2. The van der Waals surface area contributed by atoms with E-state index in [0.29, 0.717) is 10.3 Å². The van der Waals surface area contributed by atoms with Gasteiger partial charge in [-0.05, 0) is 18.6 Å². The Hall–Kier alpha value is -4.15. The molecule has 0 unspecified atom stereocenters. The first kappa shape index (κ1) is 21.1. The first-order valence-corrected chi connectivity index (χ1v) is 9.30. The predicted octanol–water partition coefficient (Wildman–Crippen LogP) is 3.67. The Kier molecular flexibility index (Phi) is 5.17. The van der Waals surface area contributed by atoms with Crippen molar-refractivity contribution >= 4 is 17.4 Å². The summed E-state index contributed by atoms with van der Waals surface area (Å²) in [5.74, 6) is -0.322. The van der Waals surface area contributed by atoms with Crippen molar-refractivity contribution in [2.45, 2.75) is 13.1 Å². The number of carbonyl (C=O) groups excluding carboxylic acids is 1. The van der Waals surface area contributed by atoms with E-state index in [4.69, 9.17) is 4.74 Å². The monoisotopic (exact) mass is 443 g/mol. The first-order chi connectivity index (χ1) is 15.2. The lowest BCUT2D eigenvalue weighted by Crippen LogP contribution is -2.29. The zero-order valence-electron chi connectivity index (χ0n) is 16.8. The molecule has 0 aliphatic carbocycles. The fourth-order valence-corrected chi connectivity index (χ4v) is 3.32. The second-order valence-corrected chi connectivity index (χ2v) is 6.81. The Morgan fingerprint density at radius 2 is 1.91 bits per heavy atom. The number of anilines is 1. The fourth-order valence-electron chi connectivity index (χ4n) is 3.32. The second-order valence-electron chi connectivity index (χ2n) is 6.81. The van der Waals surface area contributed by atoms with Crippen LogP contribution < -0.4 is 15.6 Å². The maximum atomic E-state index is 13.7. The summed E-state index contributed by atoms with van der Waals surface area (Å²) in [6.07, 6.45) is -3.43. The predicted molar refractivity (Wildman–Crippen MR) is 110 cm³/mol. The molecule has 0 spiro atoms. The number of aromatic nitrogens is 4. The normalized spacial score (nSPS) is 11.5. The van der Waals surface area contributed by atoms with Crippen LogP contribution in [0.3, 0.4) is 0 Å². The van der Waals surface area contributed by atoms with Crippen molar-refractivity contribution in [1.82, 2.24) is 19.6 Å². The third-order valence-corrected chi connectivity index (χ3v) is 4.74. The number of nitrogens with zero attached hydrogens (tertiary/aromatic N) is 3. The van der Waals surface area contributed by atoms with Gasteiger partial charge in [-0.3, -0.25) is 9.59 Å². The molecule has 0 saturated heterocycles. The Morgan fingerprint density at radius 3 is 2.56 bits per heavy atom. The average molecular weight is 443 g/mol. The summed E-state index contributed by atoms with van der Waals surface area (Å²) in [6, 6.07) is 10.8. The molecule has 2 N–H and O–H groups in total. The number of H-pyrrole nitrogens is 1. The zero-order valence-corrected chi connectivity index (χ0v) is 16.8. The molecule has 0 bridgehead atoms. The molecule has 8 nitrogen and oxygen atoms in total. The van der Waals surface area contributed by atoms with Crippen molar-refractivity contribution < 1.29 is 22.7 Å². The zero-order chi connectivity index (χ0) is 23.0. The van der Waals surface area contributed by atoms with Gasteiger partial charge in [0.2, 0.25) is 0 Å². The average Bonchev–Trinajstić information content (AvgIpc) is 3.14. The van der Waals surface area contributed by atoms with Gasteiger partial charge in [-0.15, -0.1) is 0 Å². The highest BCUT2D eigenvalue weighted by Gasteiger charge is 2.39. The van der Waals surface area contributed by atoms with Crippen LogP contribution in [0, 0.1) is 6.92 Å². The number of halogens is 3. The molecule has 1 aromatic carbocycles. The van der Waals surface area contributed by atoms with Gasteiger partial charge in [-0.25, -0.2) is 4.98 Å². The molecule has 4 rings (SSSR count). The van der Waals surface area contributed by atoms with Gasteiger partial charge < -0.3 is 15.0 Å². The van der Waals surface area contributed by atoms with E-state index < -0.39 is 28.9 Å². The Bertz CT molecular complexity index is 1380. The summed E-state index contributed by atoms with van der Waals surface area (Å²) in [4.78, 5) is 32.5. The number of hydrogen-bond donors (Lipinski definition) is 2. The molecule has 32 heavy (non-hydrogen) atoms. The highest BCUT2D eigenvalue weighted by molar-refractivity contribution is 6.04. The highest BCUT2D eigenvalue weighted by Crippen LogP contribution is 2.38. The third kappa shape index (κ3) is 3.68. The van der Waals surface area contributed by atoms with E-state index in [0.717, 1.165) is 0 Å². The minimum Gasteiger partial charge on any atom is -0.497 e. The van der Waals surface area contributed by atoms with Crippen LogP contribution >= 0.6 is 0 Å². The summed E-state index contributed by atoms with van der Waals surface area (Å²) in [5, 5.41) is 5.96. The van der Waals surface area contributed by atoms with E-state index in [1.807, 2.05) is 0 Å². The Labute approximate surface area is 178 Å². The number of amides is 1. The van der Waals surface area contributed by atoms with Crippen LogP contribution in [0.1, 0.15) is 21.7 Å². The minimum absolute atomic E-state index is 0.0775. The number of methoxy groups -OCH3 is 1. The van der Waals surface area contributed by atoms with Gasteiger partial charge >= 0.3 is 6.18 Å². The van der Waals surface area contributed by atoms with Crippen molar-refractivity contribution in [1.29, 1.82) is 0 Å². The number of fused-ring (bicyclic) bond motifs is 1. The fraction of sp³-hybridized carbons (Fsp3) is 0.143. The maximum Gasteiger partial charge on any atom is 0.435 e. The molecule has 0 atom stereocenters. The quantitative estimate of drug-likeness (QED) is 0.501. The highest BCUT2D eigenvalue weighted by atomic mass is 19.4. The van der Waals surface area contributed by atoms with Gasteiger partial charge in [-0.1, -0.05) is 30.3 Å². The topological polar surface area (TPSA) is 101 Å². The van der Waals surface area contributed by atoms with Gasteiger partial charge in [0, 0.05) is 18.0 Å². The lowest BCUT2D eigenvalue weighted by Gasteiger charge is -2.09. The number of rotatable bonds is 4. The van der Waals surface area contributed by atoms with Gasteiger partial charge in [0.25, 0.3) is 11.5 Å². The number of alkyl halides is 3. The molecule has 11 heteroatoms. The SMILES string of the molecule is COc1ccnc(NC(=O)c2c(C)[nH]c3c(-c4ccccc4)c(C(F)(F)F)nn3c2=O)c1. The summed E-state index contributed by atoms with van der Waals surface area (Å²) < 4.78 is 46.8. The number of pyridine rings is 1. The summed E-state index contributed by atoms with van der Waals surface area (Å²) in [6.45, 7) is 1.42. The maximum absolute atomic E-state index is 13.7. The van der Waals surface area contributed by atoms with E-state index in [1.165, 1.54) is 38.4 Å². The van der Waals surface area contributed by atoms with Gasteiger partial charge in [0.1, 0.15) is 22.8 Å². The first-order valence-electron chi connectivity index (χ1n) is 9.30. The largest absolute Gasteiger partial charge is 0.497 e. The molecule has 0 radical (unpaired) electrons. The molecule has 164 valence electrons. The molecule has 0 aliphatic heterocycles. The number of ether oxygens (including phenoxy) is 1. The Morgan fingerprint density at radius 1 is 1.19 bits per heavy atom. The van der Waals surface area contributed by atoms with Crippen molar-refractivity contribution in [3.8, 4) is 16.9 Å². The lowest BCUT2D eigenvalue weighted by molar-refractivity contribution is -0.140. The smallest absolute Gasteiger partial charge is 0.435 e. The van der Waals surface area contributed by atoms with Crippen LogP contribution in [0.25, 0.3) is 16.8 Å². The number of aromatic amines is 1. The second kappa shape index (κ2) is 7.84. The van der Waals surface area contributed by atoms with Gasteiger partial charge in [-0.2, -0.15) is 22.8 Å². The van der Waals surface area contributed by atoms with Crippen LogP contribution in [0.4, 0.5) is 19.0 Å². The van der Waals surface area contributed by atoms with Crippen LogP contribution in [-0.2, 0) is 6.18 Å². The van der Waals surface area contributed by atoms with Crippen molar-refractivity contribution in [3.05, 3.63) is 76.0 Å². The van der Waals surface area contributed by atoms with E-state index in [-0.39, 0.29) is 28.3 Å². The Balaban J connectivity index is 1.88. The van der Waals surface area contributed by atoms with E-state index in [2.05, 4.69) is 20.4 Å². The lowest BCUT2D eigenvalue weighted by atomic mass is 10.1. The molecular formula is C21H16F3N5O3. The molecule has 0 fully saturated rings. The number of benzene rings is 1. The molecule has 3 aromatic heterocycles. The molecule has 4 aromatic rings. The summed E-state index contributed by atoms with van der Waals surface area (Å²) in [5.41, 5.74) is -2.76.